The molecule has 1 nitrogen and oxygen atoms in total. The Morgan fingerprint density at radius 2 is 1.77 bits per heavy atom. The summed E-state index contributed by atoms with van der Waals surface area (Å²) in [6.45, 7) is 3.79. The zero-order valence-electron chi connectivity index (χ0n) is 8.04. The largest absolute Gasteiger partial charge is 0.372 e. The molecule has 2 heteroatoms. The van der Waals surface area contributed by atoms with Crippen molar-refractivity contribution >= 4 is 11.8 Å². The van der Waals surface area contributed by atoms with Gasteiger partial charge in [-0.15, -0.1) is 0 Å². The van der Waals surface area contributed by atoms with E-state index in [4.69, 9.17) is 4.74 Å². The van der Waals surface area contributed by atoms with Crippen molar-refractivity contribution in [2.24, 2.45) is 0 Å². The second-order valence-corrected chi connectivity index (χ2v) is 4.89. The van der Waals surface area contributed by atoms with Crippen molar-refractivity contribution < 1.29 is 4.74 Å². The molecule has 0 fully saturated rings. The molecule has 13 heavy (non-hydrogen) atoms. The summed E-state index contributed by atoms with van der Waals surface area (Å²) in [6, 6.07) is 0. The molecule has 0 N–H and O–H groups in total. The van der Waals surface area contributed by atoms with E-state index in [-0.39, 0.29) is 4.75 Å². The molecule has 2 rings (SSSR count). The van der Waals surface area contributed by atoms with Crippen molar-refractivity contribution in [1.29, 1.82) is 0 Å². The molecule has 70 valence electrons. The van der Waals surface area contributed by atoms with Gasteiger partial charge in [0.15, 0.2) is 0 Å². The van der Waals surface area contributed by atoms with Crippen molar-refractivity contribution in [2.45, 2.75) is 11.7 Å². The SMILES string of the molecule is CSC1(C)C=CC2=C(C=C1)COC2. The monoisotopic (exact) mass is 194 g/mol. The van der Waals surface area contributed by atoms with Gasteiger partial charge in [0.1, 0.15) is 0 Å². The minimum atomic E-state index is 0.157. The molecule has 0 saturated carbocycles. The lowest BCUT2D eigenvalue weighted by atomic mass is 10.1. The van der Waals surface area contributed by atoms with Crippen LogP contribution in [-0.4, -0.2) is 24.2 Å². The van der Waals surface area contributed by atoms with Gasteiger partial charge in [0.05, 0.1) is 13.2 Å². The maximum absolute atomic E-state index is 5.37. The molecule has 1 heterocycles. The number of ether oxygens (including phenoxy) is 1. The highest BCUT2D eigenvalue weighted by atomic mass is 32.2. The van der Waals surface area contributed by atoms with Crippen LogP contribution in [0.4, 0.5) is 0 Å². The first-order chi connectivity index (χ1) is 6.23. The predicted octanol–water partition coefficient (Wildman–Crippen LogP) is 2.56. The lowest BCUT2D eigenvalue weighted by Gasteiger charge is -2.17. The fraction of sp³-hybridized carbons (Fsp3) is 0.455. The van der Waals surface area contributed by atoms with Crippen molar-refractivity contribution in [3.63, 3.8) is 0 Å². The van der Waals surface area contributed by atoms with Crippen LogP contribution in [-0.2, 0) is 4.74 Å². The Morgan fingerprint density at radius 3 is 2.23 bits per heavy atom. The summed E-state index contributed by atoms with van der Waals surface area (Å²) in [7, 11) is 0. The van der Waals surface area contributed by atoms with E-state index in [1.807, 2.05) is 11.8 Å². The van der Waals surface area contributed by atoms with Gasteiger partial charge in [-0.3, -0.25) is 0 Å². The lowest BCUT2D eigenvalue weighted by molar-refractivity contribution is 0.207. The Hall–Kier alpha value is -0.470. The van der Waals surface area contributed by atoms with Crippen molar-refractivity contribution in [3.05, 3.63) is 35.5 Å². The molecule has 1 aliphatic heterocycles. The summed E-state index contributed by atoms with van der Waals surface area (Å²) in [5, 5.41) is 0. The van der Waals surface area contributed by atoms with E-state index in [1.165, 1.54) is 11.1 Å². The molecule has 0 spiro atoms. The van der Waals surface area contributed by atoms with Gasteiger partial charge in [0.2, 0.25) is 0 Å². The number of hydrogen-bond donors (Lipinski definition) is 0. The quantitative estimate of drug-likeness (QED) is 0.634. The van der Waals surface area contributed by atoms with Crippen molar-refractivity contribution in [3.8, 4) is 0 Å². The Bertz CT molecular complexity index is 275. The third-order valence-corrected chi connectivity index (χ3v) is 3.75. The predicted molar refractivity (Wildman–Crippen MR) is 58.0 cm³/mol. The summed E-state index contributed by atoms with van der Waals surface area (Å²) < 4.78 is 5.52. The van der Waals surface area contributed by atoms with Crippen LogP contribution < -0.4 is 0 Å². The van der Waals surface area contributed by atoms with E-state index in [0.717, 1.165) is 13.2 Å². The molecule has 0 unspecified atom stereocenters. The minimum absolute atomic E-state index is 0.157. The van der Waals surface area contributed by atoms with E-state index < -0.39 is 0 Å². The molecule has 0 amide bonds. The third-order valence-electron chi connectivity index (χ3n) is 2.60. The normalized spacial score (nSPS) is 24.8. The first kappa shape index (κ1) is 9.10. The van der Waals surface area contributed by atoms with Crippen molar-refractivity contribution in [2.75, 3.05) is 19.5 Å². The molecular formula is C11H14OS. The fourth-order valence-corrected chi connectivity index (χ4v) is 1.90. The zero-order chi connectivity index (χ0) is 9.31. The number of hydrogen-bond acceptors (Lipinski definition) is 2. The summed E-state index contributed by atoms with van der Waals surface area (Å²) >= 11 is 1.86. The molecule has 0 saturated heterocycles. The van der Waals surface area contributed by atoms with Gasteiger partial charge in [-0.2, -0.15) is 11.8 Å². The van der Waals surface area contributed by atoms with E-state index in [1.54, 1.807) is 0 Å². The Kier molecular flexibility index (Phi) is 2.35. The lowest BCUT2D eigenvalue weighted by Crippen LogP contribution is -2.11. The summed E-state index contributed by atoms with van der Waals surface area (Å²) in [5.41, 5.74) is 2.68. The van der Waals surface area contributed by atoms with Gasteiger partial charge >= 0.3 is 0 Å². The molecule has 0 atom stereocenters. The molecule has 0 aromatic rings. The van der Waals surface area contributed by atoms with Crippen LogP contribution in [0.1, 0.15) is 6.92 Å². The average Bonchev–Trinajstić information content (AvgIpc) is 2.54. The highest BCUT2D eigenvalue weighted by Crippen LogP contribution is 2.31. The van der Waals surface area contributed by atoms with Crippen LogP contribution in [0.25, 0.3) is 0 Å². The Labute approximate surface area is 83.5 Å². The van der Waals surface area contributed by atoms with E-state index in [0.29, 0.717) is 0 Å². The average molecular weight is 194 g/mol. The smallest absolute Gasteiger partial charge is 0.0724 e. The van der Waals surface area contributed by atoms with Gasteiger partial charge in [0, 0.05) is 4.75 Å². The molecule has 0 bridgehead atoms. The van der Waals surface area contributed by atoms with Crippen LogP contribution in [0.3, 0.4) is 0 Å². The fourth-order valence-electron chi connectivity index (χ4n) is 1.49. The summed E-state index contributed by atoms with van der Waals surface area (Å²) in [6.07, 6.45) is 11.1. The highest BCUT2D eigenvalue weighted by Gasteiger charge is 2.20. The van der Waals surface area contributed by atoms with Crippen LogP contribution in [0.15, 0.2) is 35.5 Å². The zero-order valence-corrected chi connectivity index (χ0v) is 8.86. The Morgan fingerprint density at radius 1 is 1.23 bits per heavy atom. The molecule has 1 aliphatic carbocycles. The van der Waals surface area contributed by atoms with E-state index in [9.17, 15) is 0 Å². The molecule has 2 aliphatic rings. The molecule has 0 aromatic carbocycles. The minimum Gasteiger partial charge on any atom is -0.372 e. The summed E-state index contributed by atoms with van der Waals surface area (Å²) in [5.74, 6) is 0. The molecular weight excluding hydrogens is 180 g/mol. The maximum atomic E-state index is 5.37. The highest BCUT2D eigenvalue weighted by molar-refractivity contribution is 8.00. The van der Waals surface area contributed by atoms with Gasteiger partial charge < -0.3 is 4.74 Å². The number of rotatable bonds is 1. The Balaban J connectivity index is 2.29. The topological polar surface area (TPSA) is 9.23 Å². The van der Waals surface area contributed by atoms with Crippen molar-refractivity contribution in [1.82, 2.24) is 0 Å². The standard InChI is InChI=1S/C11H14OS/c1-11(13-2)5-3-9-7-12-8-10(9)4-6-11/h3-6H,7-8H2,1-2H3. The van der Waals surface area contributed by atoms with Crippen LogP contribution in [0.2, 0.25) is 0 Å². The first-order valence-corrected chi connectivity index (χ1v) is 5.69. The van der Waals surface area contributed by atoms with Gasteiger partial charge in [-0.1, -0.05) is 24.3 Å². The van der Waals surface area contributed by atoms with Gasteiger partial charge in [-0.25, -0.2) is 0 Å². The molecule has 0 radical (unpaired) electrons. The summed E-state index contributed by atoms with van der Waals surface area (Å²) in [4.78, 5) is 0. The molecule has 0 aromatic heterocycles. The van der Waals surface area contributed by atoms with Gasteiger partial charge in [-0.05, 0) is 24.3 Å². The van der Waals surface area contributed by atoms with Crippen LogP contribution in [0, 0.1) is 0 Å². The second kappa shape index (κ2) is 3.35. The van der Waals surface area contributed by atoms with E-state index >= 15 is 0 Å². The van der Waals surface area contributed by atoms with Gasteiger partial charge in [0.25, 0.3) is 0 Å². The van der Waals surface area contributed by atoms with Crippen LogP contribution in [0.5, 0.6) is 0 Å². The maximum Gasteiger partial charge on any atom is 0.0724 e. The van der Waals surface area contributed by atoms with Crippen LogP contribution >= 0.6 is 11.8 Å². The number of thioether (sulfide) groups is 1. The second-order valence-electron chi connectivity index (χ2n) is 3.60. The van der Waals surface area contributed by atoms with E-state index in [2.05, 4.69) is 37.5 Å². The third kappa shape index (κ3) is 1.74. The first-order valence-electron chi connectivity index (χ1n) is 4.47.